The lowest BCUT2D eigenvalue weighted by molar-refractivity contribution is -0.137. The van der Waals surface area contributed by atoms with Crippen molar-refractivity contribution < 1.29 is 9.90 Å². The molecule has 0 aliphatic carbocycles. The topological polar surface area (TPSA) is 87.2 Å². The molecule has 1 rings (SSSR count). The Labute approximate surface area is 95.6 Å². The third-order valence-electron chi connectivity index (χ3n) is 1.83. The number of carbonyl (C=O) groups is 1. The van der Waals surface area contributed by atoms with Gasteiger partial charge in [-0.1, -0.05) is 43.7 Å². The fraction of sp³-hybridized carbons (Fsp3) is 0.333. The van der Waals surface area contributed by atoms with Crippen molar-refractivity contribution in [1.82, 2.24) is 0 Å². The highest BCUT2D eigenvalue weighted by Crippen LogP contribution is 1.94. The molecule has 0 radical (unpaired) electrons. The van der Waals surface area contributed by atoms with Gasteiger partial charge in [0.25, 0.3) is 0 Å². The van der Waals surface area contributed by atoms with E-state index in [0.717, 1.165) is 18.4 Å². The first-order valence-electron chi connectivity index (χ1n) is 5.19. The normalized spacial score (nSPS) is 8.81. The Morgan fingerprint density at radius 1 is 1.38 bits per heavy atom. The van der Waals surface area contributed by atoms with E-state index >= 15 is 0 Å². The molecule has 4 N–H and O–H groups in total. The van der Waals surface area contributed by atoms with Gasteiger partial charge in [-0.2, -0.15) is 0 Å². The minimum atomic E-state index is -0.693. The molecule has 0 bridgehead atoms. The molecule has 0 aliphatic rings. The molecular formula is C12H18N2O2. The van der Waals surface area contributed by atoms with Gasteiger partial charge in [-0.25, -0.2) is 0 Å². The van der Waals surface area contributed by atoms with Crippen molar-refractivity contribution >= 4 is 11.8 Å². The first kappa shape index (κ1) is 14.2. The molecule has 4 heteroatoms. The van der Waals surface area contributed by atoms with Crippen LogP contribution in [0.3, 0.4) is 0 Å². The predicted molar refractivity (Wildman–Crippen MR) is 64.6 cm³/mol. The van der Waals surface area contributed by atoms with E-state index in [4.69, 9.17) is 16.2 Å². The van der Waals surface area contributed by atoms with Gasteiger partial charge in [-0.15, -0.1) is 0 Å². The summed E-state index contributed by atoms with van der Waals surface area (Å²) in [6.07, 6.45) is 2.08. The monoisotopic (exact) mass is 222 g/mol. The number of hydrogen-bond acceptors (Lipinski definition) is 2. The number of nitrogen functional groups attached to an aromatic ring is 1. The lowest BCUT2D eigenvalue weighted by Crippen LogP contribution is -2.10. The summed E-state index contributed by atoms with van der Waals surface area (Å²) in [4.78, 5) is 9.76. The number of hydrogen-bond donors (Lipinski definition) is 3. The standard InChI is InChI=1S/C7H8N2.C5H10O2/c8-7(9)6-4-2-1-3-5-6;1-2-3-4-5(6)7/h1-5H,(H3,8,9);2-4H2,1H3,(H,6,7). The maximum absolute atomic E-state index is 9.76. The zero-order valence-electron chi connectivity index (χ0n) is 9.44. The number of nitrogens with two attached hydrogens (primary N) is 1. The van der Waals surface area contributed by atoms with Gasteiger partial charge in [0.2, 0.25) is 0 Å². The molecule has 4 nitrogen and oxygen atoms in total. The predicted octanol–water partition coefficient (Wildman–Crippen LogP) is 2.23. The fourth-order valence-electron chi connectivity index (χ4n) is 0.946. The highest BCUT2D eigenvalue weighted by atomic mass is 16.4. The first-order valence-corrected chi connectivity index (χ1v) is 5.19. The number of rotatable bonds is 4. The van der Waals surface area contributed by atoms with Crippen LogP contribution >= 0.6 is 0 Å². The highest BCUT2D eigenvalue weighted by Gasteiger charge is 1.91. The largest absolute Gasteiger partial charge is 0.481 e. The van der Waals surface area contributed by atoms with Gasteiger partial charge in [0, 0.05) is 12.0 Å². The number of aliphatic carboxylic acids is 1. The second-order valence-electron chi connectivity index (χ2n) is 3.28. The lowest BCUT2D eigenvalue weighted by atomic mass is 10.2. The molecule has 0 unspecified atom stereocenters. The van der Waals surface area contributed by atoms with E-state index in [1.165, 1.54) is 0 Å². The summed E-state index contributed by atoms with van der Waals surface area (Å²) in [5.41, 5.74) is 5.97. The molecule has 0 fully saturated rings. The van der Waals surface area contributed by atoms with E-state index in [2.05, 4.69) is 0 Å². The third kappa shape index (κ3) is 7.55. The smallest absolute Gasteiger partial charge is 0.303 e. The Kier molecular flexibility index (Phi) is 7.49. The molecule has 0 atom stereocenters. The van der Waals surface area contributed by atoms with Crippen molar-refractivity contribution in [2.45, 2.75) is 26.2 Å². The molecule has 0 saturated heterocycles. The van der Waals surface area contributed by atoms with Crippen LogP contribution in [0.4, 0.5) is 0 Å². The third-order valence-corrected chi connectivity index (χ3v) is 1.83. The summed E-state index contributed by atoms with van der Waals surface area (Å²) in [5, 5.41) is 15.1. The van der Waals surface area contributed by atoms with Gasteiger partial charge < -0.3 is 10.8 Å². The van der Waals surface area contributed by atoms with Crippen LogP contribution in [0.2, 0.25) is 0 Å². The maximum Gasteiger partial charge on any atom is 0.303 e. The molecule has 1 aromatic rings. The summed E-state index contributed by atoms with van der Waals surface area (Å²) in [6, 6.07) is 9.23. The SMILES string of the molecule is CCCCC(=O)O.N=C(N)c1ccccc1. The van der Waals surface area contributed by atoms with E-state index < -0.39 is 5.97 Å². The number of amidine groups is 1. The average molecular weight is 222 g/mol. The first-order chi connectivity index (χ1) is 7.57. The van der Waals surface area contributed by atoms with Crippen LogP contribution in [0.25, 0.3) is 0 Å². The zero-order chi connectivity index (χ0) is 12.4. The van der Waals surface area contributed by atoms with Crippen molar-refractivity contribution in [3.05, 3.63) is 35.9 Å². The van der Waals surface area contributed by atoms with Gasteiger partial charge in [0.1, 0.15) is 5.84 Å². The number of unbranched alkanes of at least 4 members (excludes halogenated alkanes) is 1. The quantitative estimate of drug-likeness (QED) is 0.539. The van der Waals surface area contributed by atoms with E-state index in [-0.39, 0.29) is 5.84 Å². The van der Waals surface area contributed by atoms with Crippen LogP contribution in [0.1, 0.15) is 31.7 Å². The van der Waals surface area contributed by atoms with Crippen LogP contribution in [0.5, 0.6) is 0 Å². The van der Waals surface area contributed by atoms with E-state index in [1.54, 1.807) is 0 Å². The minimum Gasteiger partial charge on any atom is -0.481 e. The van der Waals surface area contributed by atoms with Crippen LogP contribution in [-0.2, 0) is 4.79 Å². The van der Waals surface area contributed by atoms with Crippen LogP contribution in [0, 0.1) is 5.41 Å². The second kappa shape index (κ2) is 8.47. The molecule has 16 heavy (non-hydrogen) atoms. The molecule has 1 aromatic carbocycles. The Morgan fingerprint density at radius 2 is 1.94 bits per heavy atom. The van der Waals surface area contributed by atoms with Gasteiger partial charge in [-0.3, -0.25) is 10.2 Å². The molecule has 0 heterocycles. The van der Waals surface area contributed by atoms with Crippen molar-refractivity contribution in [1.29, 1.82) is 5.41 Å². The average Bonchev–Trinajstić information content (AvgIpc) is 2.28. The van der Waals surface area contributed by atoms with Gasteiger partial charge in [0.05, 0.1) is 0 Å². The summed E-state index contributed by atoms with van der Waals surface area (Å²) >= 11 is 0. The van der Waals surface area contributed by atoms with Crippen molar-refractivity contribution in [3.8, 4) is 0 Å². The van der Waals surface area contributed by atoms with Gasteiger partial charge in [0.15, 0.2) is 0 Å². The molecular weight excluding hydrogens is 204 g/mol. The van der Waals surface area contributed by atoms with Gasteiger partial charge in [-0.05, 0) is 6.42 Å². The second-order valence-corrected chi connectivity index (χ2v) is 3.28. The van der Waals surface area contributed by atoms with E-state index in [9.17, 15) is 4.79 Å². The Bertz CT molecular complexity index is 323. The number of carboxylic acid groups (broad SMARTS) is 1. The van der Waals surface area contributed by atoms with Crippen molar-refractivity contribution in [3.63, 3.8) is 0 Å². The molecule has 0 aliphatic heterocycles. The van der Waals surface area contributed by atoms with Crippen LogP contribution < -0.4 is 5.73 Å². The van der Waals surface area contributed by atoms with E-state index in [1.807, 2.05) is 37.3 Å². The fourth-order valence-corrected chi connectivity index (χ4v) is 0.946. The molecule has 0 amide bonds. The van der Waals surface area contributed by atoms with Crippen molar-refractivity contribution in [2.75, 3.05) is 0 Å². The maximum atomic E-state index is 9.76. The number of benzene rings is 1. The summed E-state index contributed by atoms with van der Waals surface area (Å²) in [5.74, 6) is -0.572. The zero-order valence-corrected chi connectivity index (χ0v) is 9.44. The molecule has 0 saturated carbocycles. The lowest BCUT2D eigenvalue weighted by Gasteiger charge is -1.93. The number of nitrogens with one attached hydrogen (secondary N) is 1. The highest BCUT2D eigenvalue weighted by molar-refractivity contribution is 5.94. The minimum absolute atomic E-state index is 0.121. The van der Waals surface area contributed by atoms with Crippen molar-refractivity contribution in [2.24, 2.45) is 5.73 Å². The summed E-state index contributed by atoms with van der Waals surface area (Å²) < 4.78 is 0. The van der Waals surface area contributed by atoms with Crippen LogP contribution in [-0.4, -0.2) is 16.9 Å². The Hall–Kier alpha value is -1.84. The summed E-state index contributed by atoms with van der Waals surface area (Å²) in [7, 11) is 0. The molecule has 88 valence electrons. The molecule has 0 aromatic heterocycles. The van der Waals surface area contributed by atoms with Crippen LogP contribution in [0.15, 0.2) is 30.3 Å². The number of carboxylic acids is 1. The molecule has 0 spiro atoms. The Morgan fingerprint density at radius 3 is 2.19 bits per heavy atom. The van der Waals surface area contributed by atoms with Gasteiger partial charge >= 0.3 is 5.97 Å². The summed E-state index contributed by atoms with van der Waals surface area (Å²) in [6.45, 7) is 1.98. The Balaban J connectivity index is 0.000000293. The van der Waals surface area contributed by atoms with E-state index in [0.29, 0.717) is 6.42 Å².